The Morgan fingerprint density at radius 3 is 2.64 bits per heavy atom. The van der Waals surface area contributed by atoms with Gasteiger partial charge in [0.2, 0.25) is 10.0 Å². The first kappa shape index (κ1) is 21.7. The summed E-state index contributed by atoms with van der Waals surface area (Å²) in [4.78, 5) is 12.0. The van der Waals surface area contributed by atoms with Crippen molar-refractivity contribution in [2.45, 2.75) is 24.1 Å². The summed E-state index contributed by atoms with van der Waals surface area (Å²) >= 11 is 14.5. The van der Waals surface area contributed by atoms with Gasteiger partial charge in [0.1, 0.15) is 0 Å². The number of rotatable bonds is 8. The number of nitrogens with zero attached hydrogens (tertiary/aromatic N) is 1. The van der Waals surface area contributed by atoms with Crippen molar-refractivity contribution in [1.29, 1.82) is 0 Å². The van der Waals surface area contributed by atoms with Crippen molar-refractivity contribution in [3.05, 3.63) is 61.7 Å². The van der Waals surface area contributed by atoms with Gasteiger partial charge >= 0.3 is 4.87 Å². The third kappa shape index (κ3) is 4.93. The SMILES string of the molecule is CCn1c(=O)sc2cc(S(=O)(=O)NCCSCc3ccc(Cl)c(Cl)c3)ccc21. The number of halogens is 2. The molecule has 0 saturated heterocycles. The number of fused-ring (bicyclic) bond motifs is 1. The lowest BCUT2D eigenvalue weighted by molar-refractivity contribution is 0.584. The van der Waals surface area contributed by atoms with Crippen LogP contribution in [0.15, 0.2) is 46.1 Å². The van der Waals surface area contributed by atoms with Gasteiger partial charge in [0, 0.05) is 24.6 Å². The molecule has 5 nitrogen and oxygen atoms in total. The van der Waals surface area contributed by atoms with E-state index in [4.69, 9.17) is 23.2 Å². The van der Waals surface area contributed by atoms with E-state index in [2.05, 4.69) is 4.72 Å². The molecule has 1 aromatic heterocycles. The number of hydrogen-bond donors (Lipinski definition) is 1. The average molecular weight is 477 g/mol. The van der Waals surface area contributed by atoms with E-state index in [9.17, 15) is 13.2 Å². The molecule has 3 rings (SSSR count). The Morgan fingerprint density at radius 2 is 1.93 bits per heavy atom. The van der Waals surface area contributed by atoms with Gasteiger partial charge in [0.25, 0.3) is 0 Å². The largest absolute Gasteiger partial charge is 0.308 e. The maximum Gasteiger partial charge on any atom is 0.308 e. The topological polar surface area (TPSA) is 68.2 Å². The highest BCUT2D eigenvalue weighted by atomic mass is 35.5. The van der Waals surface area contributed by atoms with Gasteiger partial charge in [0.05, 0.1) is 25.2 Å². The van der Waals surface area contributed by atoms with E-state index < -0.39 is 10.0 Å². The molecule has 0 spiro atoms. The minimum absolute atomic E-state index is 0.0845. The van der Waals surface area contributed by atoms with E-state index in [1.54, 1.807) is 34.5 Å². The third-order valence-electron chi connectivity index (χ3n) is 4.06. The lowest BCUT2D eigenvalue weighted by atomic mass is 10.2. The van der Waals surface area contributed by atoms with E-state index in [-0.39, 0.29) is 9.77 Å². The second-order valence-corrected chi connectivity index (χ2v) is 10.6. The molecule has 0 saturated carbocycles. The zero-order valence-corrected chi connectivity index (χ0v) is 18.9. The Morgan fingerprint density at radius 1 is 1.14 bits per heavy atom. The van der Waals surface area contributed by atoms with Crippen molar-refractivity contribution in [3.8, 4) is 0 Å². The molecule has 0 fully saturated rings. The molecule has 1 heterocycles. The van der Waals surface area contributed by atoms with Crippen molar-refractivity contribution in [3.63, 3.8) is 0 Å². The predicted octanol–water partition coefficient (Wildman–Crippen LogP) is 4.60. The molecule has 0 atom stereocenters. The van der Waals surface area contributed by atoms with Crippen LogP contribution in [-0.2, 0) is 22.3 Å². The Labute approximate surface area is 181 Å². The normalized spacial score (nSPS) is 12.0. The van der Waals surface area contributed by atoms with Crippen molar-refractivity contribution in [2.24, 2.45) is 0 Å². The lowest BCUT2D eigenvalue weighted by Crippen LogP contribution is -2.26. The number of thioether (sulfide) groups is 1. The molecular weight excluding hydrogens is 459 g/mol. The fourth-order valence-electron chi connectivity index (χ4n) is 2.66. The summed E-state index contributed by atoms with van der Waals surface area (Å²) in [5, 5.41) is 1.02. The van der Waals surface area contributed by atoms with Crippen LogP contribution in [0, 0.1) is 0 Å². The molecule has 0 radical (unpaired) electrons. The molecule has 0 unspecified atom stereocenters. The Bertz CT molecular complexity index is 1160. The minimum Gasteiger partial charge on any atom is -0.299 e. The molecule has 3 aromatic rings. The van der Waals surface area contributed by atoms with Gasteiger partial charge in [0.15, 0.2) is 0 Å². The second kappa shape index (κ2) is 9.19. The number of hydrogen-bond acceptors (Lipinski definition) is 5. The smallest absolute Gasteiger partial charge is 0.299 e. The standard InChI is InChI=1S/C18H18Cl2N2O3S3/c1-2-22-16-6-4-13(10-17(16)27-18(22)23)28(24,25)21-7-8-26-11-12-3-5-14(19)15(20)9-12/h3-6,9-10,21H,2,7-8,11H2,1H3. The van der Waals surface area contributed by atoms with Gasteiger partial charge in [-0.25, -0.2) is 13.1 Å². The number of aromatic nitrogens is 1. The highest BCUT2D eigenvalue weighted by molar-refractivity contribution is 7.98. The zero-order chi connectivity index (χ0) is 20.3. The summed E-state index contributed by atoms with van der Waals surface area (Å²) < 4.78 is 29.9. The van der Waals surface area contributed by atoms with Crippen LogP contribution in [0.4, 0.5) is 0 Å². The first-order valence-corrected chi connectivity index (χ1v) is 12.7. The van der Waals surface area contributed by atoms with E-state index in [0.717, 1.165) is 22.4 Å². The molecule has 28 heavy (non-hydrogen) atoms. The van der Waals surface area contributed by atoms with Crippen LogP contribution in [0.1, 0.15) is 12.5 Å². The highest BCUT2D eigenvalue weighted by Crippen LogP contribution is 2.25. The Hall–Kier alpha value is -1.03. The van der Waals surface area contributed by atoms with Crippen LogP contribution in [-0.4, -0.2) is 25.3 Å². The van der Waals surface area contributed by atoms with Crippen molar-refractivity contribution in [2.75, 3.05) is 12.3 Å². The summed E-state index contributed by atoms with van der Waals surface area (Å²) in [6, 6.07) is 10.2. The predicted molar refractivity (Wildman–Crippen MR) is 120 cm³/mol. The average Bonchev–Trinajstić information content (AvgIpc) is 2.98. The third-order valence-corrected chi connectivity index (χ3v) is 8.23. The fraction of sp³-hybridized carbons (Fsp3) is 0.278. The molecule has 0 aliphatic heterocycles. The number of benzene rings is 2. The number of aryl methyl sites for hydroxylation is 1. The van der Waals surface area contributed by atoms with Gasteiger partial charge in [-0.15, -0.1) is 0 Å². The maximum absolute atomic E-state index is 12.5. The second-order valence-electron chi connectivity index (χ2n) is 5.94. The fourth-order valence-corrected chi connectivity index (χ4v) is 6.05. The summed E-state index contributed by atoms with van der Waals surface area (Å²) in [6.45, 7) is 2.74. The van der Waals surface area contributed by atoms with Crippen molar-refractivity contribution in [1.82, 2.24) is 9.29 Å². The quantitative estimate of drug-likeness (QED) is 0.482. The molecule has 0 bridgehead atoms. The van der Waals surface area contributed by atoms with Crippen molar-refractivity contribution >= 4 is 66.5 Å². The lowest BCUT2D eigenvalue weighted by Gasteiger charge is -2.08. The number of sulfonamides is 1. The van der Waals surface area contributed by atoms with Gasteiger partial charge in [-0.1, -0.05) is 40.6 Å². The Kier molecular flexibility index (Phi) is 7.12. The monoisotopic (exact) mass is 476 g/mol. The molecule has 0 aliphatic carbocycles. The van der Waals surface area contributed by atoms with Crippen LogP contribution in [0.25, 0.3) is 10.2 Å². The maximum atomic E-state index is 12.5. The number of thiazole rings is 1. The van der Waals surface area contributed by atoms with Crippen LogP contribution in [0.5, 0.6) is 0 Å². The molecule has 0 aliphatic rings. The molecular formula is C18H18Cl2N2O3S3. The molecule has 0 amide bonds. The highest BCUT2D eigenvalue weighted by Gasteiger charge is 2.16. The summed E-state index contributed by atoms with van der Waals surface area (Å²) in [7, 11) is -3.63. The van der Waals surface area contributed by atoms with E-state index >= 15 is 0 Å². The molecule has 150 valence electrons. The number of nitrogens with one attached hydrogen (secondary N) is 1. The van der Waals surface area contributed by atoms with E-state index in [1.165, 1.54) is 6.07 Å². The van der Waals surface area contributed by atoms with Crippen molar-refractivity contribution < 1.29 is 8.42 Å². The summed E-state index contributed by atoms with van der Waals surface area (Å²) in [6.07, 6.45) is 0. The van der Waals surface area contributed by atoms with E-state index in [1.807, 2.05) is 19.1 Å². The minimum atomic E-state index is -3.63. The van der Waals surface area contributed by atoms with Gasteiger partial charge in [-0.2, -0.15) is 11.8 Å². The van der Waals surface area contributed by atoms with Crippen LogP contribution in [0.3, 0.4) is 0 Å². The molecule has 2 aromatic carbocycles. The Balaban J connectivity index is 1.58. The van der Waals surface area contributed by atoms with Gasteiger partial charge in [-0.3, -0.25) is 9.36 Å². The van der Waals surface area contributed by atoms with Gasteiger partial charge < -0.3 is 0 Å². The first-order valence-electron chi connectivity index (χ1n) is 8.46. The van der Waals surface area contributed by atoms with Gasteiger partial charge in [-0.05, 0) is 42.8 Å². The first-order chi connectivity index (χ1) is 13.3. The summed E-state index contributed by atoms with van der Waals surface area (Å²) in [5.74, 6) is 1.32. The van der Waals surface area contributed by atoms with Crippen LogP contribution < -0.4 is 9.60 Å². The molecule has 1 N–H and O–H groups in total. The van der Waals surface area contributed by atoms with E-state index in [0.29, 0.717) is 39.3 Å². The molecule has 10 heteroatoms. The van der Waals surface area contributed by atoms with Crippen LogP contribution in [0.2, 0.25) is 10.0 Å². The zero-order valence-electron chi connectivity index (χ0n) is 14.9. The van der Waals surface area contributed by atoms with Crippen LogP contribution >= 0.6 is 46.3 Å². The summed E-state index contributed by atoms with van der Waals surface area (Å²) in [5.41, 5.74) is 1.79.